The number of halogens is 2. The van der Waals surface area contributed by atoms with Gasteiger partial charge in [-0.15, -0.1) is 0 Å². The molecule has 150 valence electrons. The van der Waals surface area contributed by atoms with Gasteiger partial charge in [-0.25, -0.2) is 0 Å². The van der Waals surface area contributed by atoms with Crippen LogP contribution in [0.3, 0.4) is 0 Å². The molecule has 0 saturated carbocycles. The Morgan fingerprint density at radius 3 is 2.30 bits per heavy atom. The smallest absolute Gasteiger partial charge is 0.225 e. The summed E-state index contributed by atoms with van der Waals surface area (Å²) in [5.74, 6) is -0.559. The van der Waals surface area contributed by atoms with Crippen molar-refractivity contribution in [1.82, 2.24) is 5.32 Å². The van der Waals surface area contributed by atoms with Gasteiger partial charge in [0, 0.05) is 23.3 Å². The summed E-state index contributed by atoms with van der Waals surface area (Å²) in [5, 5.41) is 26.0. The molecule has 0 saturated heterocycles. The van der Waals surface area contributed by atoms with Crippen molar-refractivity contribution in [3.8, 4) is 6.07 Å². The molecule has 3 atom stereocenters. The van der Waals surface area contributed by atoms with Crippen molar-refractivity contribution in [1.29, 1.82) is 5.26 Å². The van der Waals surface area contributed by atoms with Gasteiger partial charge in [-0.3, -0.25) is 0 Å². The minimum atomic E-state index is -1.57. The van der Waals surface area contributed by atoms with E-state index < -0.39 is 17.7 Å². The van der Waals surface area contributed by atoms with Crippen molar-refractivity contribution in [3.63, 3.8) is 0 Å². The highest BCUT2D eigenvalue weighted by atomic mass is 35.5. The van der Waals surface area contributed by atoms with E-state index in [-0.39, 0.29) is 5.03 Å². The summed E-state index contributed by atoms with van der Waals surface area (Å²) in [4.78, 5) is 0. The summed E-state index contributed by atoms with van der Waals surface area (Å²) in [6.45, 7) is 0. The van der Waals surface area contributed by atoms with Crippen molar-refractivity contribution < 1.29 is 9.67 Å². The Labute approximate surface area is 190 Å². The quantitative estimate of drug-likeness (QED) is 0.457. The minimum absolute atomic E-state index is 0.202. The van der Waals surface area contributed by atoms with Gasteiger partial charge in [0.05, 0.1) is 22.0 Å². The van der Waals surface area contributed by atoms with Crippen molar-refractivity contribution in [2.24, 2.45) is 0 Å². The number of pyridine rings is 1. The number of benzene rings is 2. The molecule has 4 rings (SSSR count). The molecule has 3 aromatic rings. The van der Waals surface area contributed by atoms with Crippen molar-refractivity contribution in [3.05, 3.63) is 111 Å². The Balaban J connectivity index is 2.02. The monoisotopic (exact) mass is 453 g/mol. The lowest BCUT2D eigenvalue weighted by Gasteiger charge is -2.45. The van der Waals surface area contributed by atoms with Crippen LogP contribution in [0.1, 0.15) is 23.1 Å². The first-order valence-corrected chi connectivity index (χ1v) is 10.4. The van der Waals surface area contributed by atoms with E-state index in [1.54, 1.807) is 12.1 Å². The summed E-state index contributed by atoms with van der Waals surface area (Å²) in [6.07, 6.45) is 3.71. The van der Waals surface area contributed by atoms with Crippen LogP contribution in [0.5, 0.6) is 0 Å². The van der Waals surface area contributed by atoms with Crippen LogP contribution in [-0.4, -0.2) is 5.11 Å². The number of aliphatic hydroxyl groups is 1. The highest BCUT2D eigenvalue weighted by Crippen LogP contribution is 2.47. The lowest BCUT2D eigenvalue weighted by Crippen LogP contribution is -2.62. The summed E-state index contributed by atoms with van der Waals surface area (Å²) in [6, 6.07) is 21.7. The van der Waals surface area contributed by atoms with Crippen LogP contribution in [0, 0.1) is 11.3 Å². The number of hydrogen-bond donors (Lipinski definition) is 2. The summed E-state index contributed by atoms with van der Waals surface area (Å²) in [5.41, 5.74) is 0.156. The van der Waals surface area contributed by atoms with Gasteiger partial charge < -0.3 is 23.1 Å². The van der Waals surface area contributed by atoms with E-state index in [0.717, 1.165) is 5.56 Å². The fourth-order valence-corrected chi connectivity index (χ4v) is 4.58. The highest BCUT2D eigenvalue weighted by Gasteiger charge is 2.54. The molecule has 0 radical (unpaired) electrons. The van der Waals surface area contributed by atoms with Gasteiger partial charge in [0.2, 0.25) is 11.8 Å². The van der Waals surface area contributed by atoms with E-state index in [1.807, 2.05) is 71.6 Å². The molecule has 0 aliphatic carbocycles. The molecule has 7 heteroatoms. The van der Waals surface area contributed by atoms with E-state index in [0.29, 0.717) is 21.2 Å². The maximum absolute atomic E-state index is 12.0. The van der Waals surface area contributed by atoms with E-state index in [1.165, 1.54) is 0 Å². The first kappa shape index (κ1) is 20.6. The molecule has 4 nitrogen and oxygen atoms in total. The fraction of sp³-hybridized carbons (Fsp3) is 0.130. The van der Waals surface area contributed by atoms with Crippen LogP contribution in [0.25, 0.3) is 0 Å². The van der Waals surface area contributed by atoms with Gasteiger partial charge in [0.25, 0.3) is 0 Å². The van der Waals surface area contributed by atoms with Gasteiger partial charge in [0.1, 0.15) is 0 Å². The summed E-state index contributed by atoms with van der Waals surface area (Å²) < 4.78 is 1.88. The lowest BCUT2D eigenvalue weighted by atomic mass is 9.75. The third-order valence-corrected chi connectivity index (χ3v) is 6.36. The SMILES string of the molecule is N#CC1=C([S-])N[C@@](O)(c2ccccc2)[C@H]([n+]2ccccc2)[C@H]1c1ccc(Cl)c(Cl)c1. The Kier molecular flexibility index (Phi) is 5.68. The predicted molar refractivity (Wildman–Crippen MR) is 118 cm³/mol. The van der Waals surface area contributed by atoms with Crippen LogP contribution < -0.4 is 9.88 Å². The van der Waals surface area contributed by atoms with Crippen LogP contribution in [-0.2, 0) is 18.4 Å². The van der Waals surface area contributed by atoms with E-state index in [2.05, 4.69) is 11.4 Å². The molecule has 1 aliphatic heterocycles. The number of nitrogens with zero attached hydrogens (tertiary/aromatic N) is 2. The number of allylic oxidation sites excluding steroid dienone is 1. The van der Waals surface area contributed by atoms with E-state index >= 15 is 0 Å². The molecule has 2 heterocycles. The maximum atomic E-state index is 12.0. The van der Waals surface area contributed by atoms with Crippen LogP contribution in [0.2, 0.25) is 10.0 Å². The van der Waals surface area contributed by atoms with E-state index in [9.17, 15) is 10.4 Å². The van der Waals surface area contributed by atoms with Gasteiger partial charge in [-0.2, -0.15) is 9.83 Å². The van der Waals surface area contributed by atoms with Crippen LogP contribution in [0.15, 0.2) is 89.7 Å². The first-order valence-electron chi connectivity index (χ1n) is 9.24. The van der Waals surface area contributed by atoms with E-state index in [4.69, 9.17) is 35.8 Å². The number of hydrogen-bond acceptors (Lipinski definition) is 4. The van der Waals surface area contributed by atoms with Gasteiger partial charge >= 0.3 is 0 Å². The zero-order chi connectivity index (χ0) is 21.3. The maximum Gasteiger partial charge on any atom is 0.225 e. The molecule has 1 aliphatic rings. The Morgan fingerprint density at radius 1 is 1.00 bits per heavy atom. The number of nitrogens with one attached hydrogen (secondary N) is 1. The highest BCUT2D eigenvalue weighted by molar-refractivity contribution is 7.63. The van der Waals surface area contributed by atoms with Crippen molar-refractivity contribution in [2.75, 3.05) is 0 Å². The molecule has 0 amide bonds. The molecule has 1 aromatic heterocycles. The third kappa shape index (κ3) is 3.53. The van der Waals surface area contributed by atoms with Gasteiger partial charge in [-0.05, 0) is 17.7 Å². The second kappa shape index (κ2) is 8.25. The standard InChI is InChI=1S/C23H17Cl2N3OS/c24-18-10-9-15(13-19(18)25)20-17(14-26)22(30)27-23(29,16-7-3-1-4-8-16)21(20)28-11-5-2-6-12-28/h1-13,20-21,27,29H/t20-,21+,23+/m0/s1. The lowest BCUT2D eigenvalue weighted by molar-refractivity contribution is -0.743. The minimum Gasteiger partial charge on any atom is -0.762 e. The average Bonchev–Trinajstić information content (AvgIpc) is 2.76. The van der Waals surface area contributed by atoms with Gasteiger partial charge in [0.15, 0.2) is 12.4 Å². The summed E-state index contributed by atoms with van der Waals surface area (Å²) in [7, 11) is 0. The molecular weight excluding hydrogens is 437 g/mol. The second-order valence-corrected chi connectivity index (χ2v) is 8.25. The molecule has 2 aromatic carbocycles. The average molecular weight is 454 g/mol. The Hall–Kier alpha value is -2.62. The third-order valence-electron chi connectivity index (χ3n) is 5.30. The molecule has 0 fully saturated rings. The zero-order valence-corrected chi connectivity index (χ0v) is 18.0. The largest absolute Gasteiger partial charge is 0.762 e. The topological polar surface area (TPSA) is 59.9 Å². The Morgan fingerprint density at radius 2 is 1.67 bits per heavy atom. The molecule has 0 unspecified atom stereocenters. The molecule has 0 spiro atoms. The number of nitriles is 1. The van der Waals surface area contributed by atoms with Gasteiger partial charge in [-0.1, -0.05) is 70.7 Å². The number of rotatable bonds is 3. The predicted octanol–water partition coefficient (Wildman–Crippen LogP) is 4.34. The molecule has 2 N–H and O–H groups in total. The number of aromatic nitrogens is 1. The molecule has 30 heavy (non-hydrogen) atoms. The van der Waals surface area contributed by atoms with Crippen LogP contribution in [0.4, 0.5) is 0 Å². The summed E-state index contributed by atoms with van der Waals surface area (Å²) >= 11 is 17.9. The van der Waals surface area contributed by atoms with Crippen molar-refractivity contribution in [2.45, 2.75) is 17.7 Å². The van der Waals surface area contributed by atoms with Crippen molar-refractivity contribution >= 4 is 35.8 Å². The normalized spacial score (nSPS) is 23.5. The van der Waals surface area contributed by atoms with Crippen LogP contribution >= 0.6 is 23.2 Å². The first-order chi connectivity index (χ1) is 14.5. The molecule has 0 bridgehead atoms. The molecular formula is C23H17Cl2N3OS. The zero-order valence-electron chi connectivity index (χ0n) is 15.7. The fourth-order valence-electron chi connectivity index (χ4n) is 3.95. The Bertz CT molecular complexity index is 1150. The second-order valence-electron chi connectivity index (χ2n) is 7.03.